The highest BCUT2D eigenvalue weighted by molar-refractivity contribution is 6.30. The SMILES string of the molecule is N#Cc1c(N=Cc2ccccc2)n[nH]c1Cc1cccc(Cl)c1. The molecule has 0 aliphatic rings. The Labute approximate surface area is 139 Å². The van der Waals surface area contributed by atoms with E-state index in [1.54, 1.807) is 6.21 Å². The van der Waals surface area contributed by atoms with Gasteiger partial charge in [-0.2, -0.15) is 10.4 Å². The van der Waals surface area contributed by atoms with E-state index in [-0.39, 0.29) is 0 Å². The van der Waals surface area contributed by atoms with Crippen molar-refractivity contribution in [2.75, 3.05) is 0 Å². The first kappa shape index (κ1) is 15.0. The van der Waals surface area contributed by atoms with Crippen molar-refractivity contribution in [3.8, 4) is 6.07 Å². The lowest BCUT2D eigenvalue weighted by atomic mass is 10.1. The molecule has 0 fully saturated rings. The maximum atomic E-state index is 9.41. The zero-order valence-electron chi connectivity index (χ0n) is 12.2. The molecule has 3 aromatic rings. The average Bonchev–Trinajstić information content (AvgIpc) is 2.95. The summed E-state index contributed by atoms with van der Waals surface area (Å²) in [6.07, 6.45) is 2.25. The Balaban J connectivity index is 1.85. The summed E-state index contributed by atoms with van der Waals surface area (Å²) in [5.41, 5.74) is 3.15. The molecule has 112 valence electrons. The van der Waals surface area contributed by atoms with Gasteiger partial charge in [-0.15, -0.1) is 0 Å². The van der Waals surface area contributed by atoms with Crippen LogP contribution in [-0.2, 0) is 6.42 Å². The molecule has 0 spiro atoms. The zero-order chi connectivity index (χ0) is 16.1. The minimum Gasteiger partial charge on any atom is -0.279 e. The quantitative estimate of drug-likeness (QED) is 0.729. The molecule has 0 saturated carbocycles. The summed E-state index contributed by atoms with van der Waals surface area (Å²) in [6, 6.07) is 19.4. The first-order chi connectivity index (χ1) is 11.3. The van der Waals surface area contributed by atoms with Crippen LogP contribution < -0.4 is 0 Å². The molecule has 0 atom stereocenters. The number of rotatable bonds is 4. The van der Waals surface area contributed by atoms with Crippen LogP contribution in [0.15, 0.2) is 59.6 Å². The second kappa shape index (κ2) is 6.91. The molecule has 0 saturated heterocycles. The highest BCUT2D eigenvalue weighted by atomic mass is 35.5. The average molecular weight is 321 g/mol. The minimum atomic E-state index is 0.397. The van der Waals surface area contributed by atoms with Crippen LogP contribution in [0.25, 0.3) is 0 Å². The molecule has 5 heteroatoms. The number of hydrogen-bond donors (Lipinski definition) is 1. The van der Waals surface area contributed by atoms with E-state index in [9.17, 15) is 5.26 Å². The van der Waals surface area contributed by atoms with Gasteiger partial charge in [0.05, 0.1) is 5.69 Å². The monoisotopic (exact) mass is 320 g/mol. The van der Waals surface area contributed by atoms with Crippen LogP contribution in [-0.4, -0.2) is 16.4 Å². The molecular weight excluding hydrogens is 308 g/mol. The van der Waals surface area contributed by atoms with E-state index in [4.69, 9.17) is 11.6 Å². The number of nitrogens with one attached hydrogen (secondary N) is 1. The number of aliphatic imine (C=N–C) groups is 1. The maximum Gasteiger partial charge on any atom is 0.191 e. The van der Waals surface area contributed by atoms with Crippen molar-refractivity contribution in [3.63, 3.8) is 0 Å². The van der Waals surface area contributed by atoms with Crippen molar-refractivity contribution in [3.05, 3.63) is 82.0 Å². The second-order valence-corrected chi connectivity index (χ2v) is 5.42. The van der Waals surface area contributed by atoms with E-state index >= 15 is 0 Å². The Morgan fingerprint density at radius 2 is 2.00 bits per heavy atom. The summed E-state index contributed by atoms with van der Waals surface area (Å²) in [7, 11) is 0. The van der Waals surface area contributed by atoms with Gasteiger partial charge < -0.3 is 0 Å². The van der Waals surface area contributed by atoms with E-state index in [2.05, 4.69) is 21.3 Å². The predicted octanol–water partition coefficient (Wildman–Crippen LogP) is 4.28. The summed E-state index contributed by atoms with van der Waals surface area (Å²) in [6.45, 7) is 0. The molecule has 0 amide bonds. The van der Waals surface area contributed by atoms with E-state index in [0.717, 1.165) is 16.8 Å². The molecule has 23 heavy (non-hydrogen) atoms. The number of H-pyrrole nitrogens is 1. The number of aromatic amines is 1. The van der Waals surface area contributed by atoms with Gasteiger partial charge in [0, 0.05) is 17.7 Å². The molecule has 0 radical (unpaired) electrons. The first-order valence-corrected chi connectivity index (χ1v) is 7.45. The van der Waals surface area contributed by atoms with Gasteiger partial charge in [0.1, 0.15) is 11.6 Å². The normalized spacial score (nSPS) is 10.8. The molecule has 3 rings (SSSR count). The van der Waals surface area contributed by atoms with Gasteiger partial charge in [0.25, 0.3) is 0 Å². The smallest absolute Gasteiger partial charge is 0.191 e. The van der Waals surface area contributed by atoms with Crippen molar-refractivity contribution in [1.29, 1.82) is 5.26 Å². The zero-order valence-corrected chi connectivity index (χ0v) is 13.0. The highest BCUT2D eigenvalue weighted by Crippen LogP contribution is 2.22. The number of nitrogens with zero attached hydrogens (tertiary/aromatic N) is 3. The molecular formula is C18H13ClN4. The van der Waals surface area contributed by atoms with Crippen LogP contribution in [0.5, 0.6) is 0 Å². The molecule has 0 aliphatic carbocycles. The number of hydrogen-bond acceptors (Lipinski definition) is 3. The Bertz CT molecular complexity index is 876. The van der Waals surface area contributed by atoms with Gasteiger partial charge in [-0.25, -0.2) is 4.99 Å². The third kappa shape index (κ3) is 3.65. The van der Waals surface area contributed by atoms with Crippen molar-refractivity contribution >= 4 is 23.6 Å². The fraction of sp³-hybridized carbons (Fsp3) is 0.0556. The van der Waals surface area contributed by atoms with E-state index < -0.39 is 0 Å². The lowest BCUT2D eigenvalue weighted by Crippen LogP contribution is -1.91. The van der Waals surface area contributed by atoms with Gasteiger partial charge in [0.2, 0.25) is 0 Å². The predicted molar refractivity (Wildman–Crippen MR) is 91.3 cm³/mol. The third-order valence-corrected chi connectivity index (χ3v) is 3.57. The molecule has 1 heterocycles. The Morgan fingerprint density at radius 1 is 1.17 bits per heavy atom. The lowest BCUT2D eigenvalue weighted by molar-refractivity contribution is 0.993. The largest absolute Gasteiger partial charge is 0.279 e. The standard InChI is InChI=1S/C18H13ClN4/c19-15-8-4-7-14(9-15)10-17-16(11-20)18(23-22-17)21-12-13-5-2-1-3-6-13/h1-9,12H,10H2,(H,22,23). The van der Waals surface area contributed by atoms with Crippen molar-refractivity contribution in [2.45, 2.75) is 6.42 Å². The summed E-state index contributed by atoms with van der Waals surface area (Å²) in [4.78, 5) is 4.31. The van der Waals surface area contributed by atoms with Gasteiger partial charge in [-0.3, -0.25) is 5.10 Å². The fourth-order valence-electron chi connectivity index (χ4n) is 2.23. The molecule has 4 nitrogen and oxygen atoms in total. The van der Waals surface area contributed by atoms with Gasteiger partial charge >= 0.3 is 0 Å². The Morgan fingerprint density at radius 3 is 2.74 bits per heavy atom. The minimum absolute atomic E-state index is 0.397. The van der Waals surface area contributed by atoms with E-state index in [1.807, 2.05) is 54.6 Å². The van der Waals surface area contributed by atoms with E-state index in [1.165, 1.54) is 0 Å². The summed E-state index contributed by atoms with van der Waals surface area (Å²) >= 11 is 5.99. The Kier molecular flexibility index (Phi) is 4.51. The van der Waals surface area contributed by atoms with Crippen LogP contribution in [0.3, 0.4) is 0 Å². The third-order valence-electron chi connectivity index (χ3n) is 3.34. The Hall–Kier alpha value is -2.90. The summed E-state index contributed by atoms with van der Waals surface area (Å²) in [5.74, 6) is 0.397. The number of aromatic nitrogens is 2. The van der Waals surface area contributed by atoms with Gasteiger partial charge in [0.15, 0.2) is 5.82 Å². The molecule has 0 bridgehead atoms. The van der Waals surface area contributed by atoms with Crippen LogP contribution in [0.4, 0.5) is 5.82 Å². The van der Waals surface area contributed by atoms with E-state index in [0.29, 0.717) is 22.8 Å². The summed E-state index contributed by atoms with van der Waals surface area (Å²) in [5, 5.41) is 17.1. The van der Waals surface area contributed by atoms with Gasteiger partial charge in [-0.1, -0.05) is 54.1 Å². The molecule has 2 aromatic carbocycles. The highest BCUT2D eigenvalue weighted by Gasteiger charge is 2.12. The fourth-order valence-corrected chi connectivity index (χ4v) is 2.44. The molecule has 0 unspecified atom stereocenters. The summed E-state index contributed by atoms with van der Waals surface area (Å²) < 4.78 is 0. The lowest BCUT2D eigenvalue weighted by Gasteiger charge is -2.00. The molecule has 1 aromatic heterocycles. The topological polar surface area (TPSA) is 64.8 Å². The van der Waals surface area contributed by atoms with Crippen LogP contribution in [0.2, 0.25) is 5.02 Å². The van der Waals surface area contributed by atoms with Crippen molar-refractivity contribution in [2.24, 2.45) is 4.99 Å². The van der Waals surface area contributed by atoms with Crippen LogP contribution in [0, 0.1) is 11.3 Å². The van der Waals surface area contributed by atoms with Gasteiger partial charge in [-0.05, 0) is 23.3 Å². The maximum absolute atomic E-state index is 9.41. The van der Waals surface area contributed by atoms with Crippen molar-refractivity contribution < 1.29 is 0 Å². The van der Waals surface area contributed by atoms with Crippen LogP contribution >= 0.6 is 11.6 Å². The molecule has 0 aliphatic heterocycles. The van der Waals surface area contributed by atoms with Crippen molar-refractivity contribution in [1.82, 2.24) is 10.2 Å². The molecule has 1 N–H and O–H groups in total. The number of halogens is 1. The first-order valence-electron chi connectivity index (χ1n) is 7.07. The number of nitriles is 1. The van der Waals surface area contributed by atoms with Crippen LogP contribution in [0.1, 0.15) is 22.4 Å². The second-order valence-electron chi connectivity index (χ2n) is 4.99. The number of benzene rings is 2.